The molecule has 0 aliphatic carbocycles. The molecular weight excluding hydrogens is 363 g/mol. The van der Waals surface area contributed by atoms with E-state index in [1.54, 1.807) is 30.3 Å². The molecule has 1 N–H and O–H groups in total. The Morgan fingerprint density at radius 2 is 1.91 bits per heavy atom. The molecule has 1 aromatic heterocycles. The minimum absolute atomic E-state index is 0.0103. The van der Waals surface area contributed by atoms with Crippen molar-refractivity contribution >= 4 is 39.2 Å². The van der Waals surface area contributed by atoms with Crippen molar-refractivity contribution in [2.24, 2.45) is 0 Å². The van der Waals surface area contributed by atoms with Gasteiger partial charge in [0, 0.05) is 6.20 Å². The fourth-order valence-electron chi connectivity index (χ4n) is 1.79. The van der Waals surface area contributed by atoms with E-state index >= 15 is 0 Å². The average molecular weight is 375 g/mol. The first-order valence-electron chi connectivity index (χ1n) is 6.31. The van der Waals surface area contributed by atoms with E-state index in [0.717, 1.165) is 12.3 Å². The van der Waals surface area contributed by atoms with Crippen molar-refractivity contribution in [1.82, 2.24) is 9.71 Å². The van der Waals surface area contributed by atoms with Crippen LogP contribution in [0.3, 0.4) is 0 Å². The molecule has 1 unspecified atom stereocenters. The van der Waals surface area contributed by atoms with Gasteiger partial charge >= 0.3 is 5.97 Å². The normalized spacial score (nSPS) is 12.7. The molecule has 0 amide bonds. The second kappa shape index (κ2) is 7.27. The number of ether oxygens (including phenoxy) is 1. The highest BCUT2D eigenvalue weighted by Crippen LogP contribution is 2.24. The minimum atomic E-state index is -4.06. The second-order valence-electron chi connectivity index (χ2n) is 4.43. The van der Waals surface area contributed by atoms with Gasteiger partial charge in [0.15, 0.2) is 0 Å². The van der Waals surface area contributed by atoms with E-state index in [2.05, 4.69) is 14.4 Å². The molecule has 9 heteroatoms. The molecule has 0 radical (unpaired) electrons. The number of nitrogens with one attached hydrogen (secondary N) is 1. The third kappa shape index (κ3) is 4.20. The molecule has 1 atom stereocenters. The van der Waals surface area contributed by atoms with E-state index in [-0.39, 0.29) is 15.1 Å². The van der Waals surface area contributed by atoms with Gasteiger partial charge in [-0.2, -0.15) is 4.72 Å². The SMILES string of the molecule is COC(=O)C(NS(=O)(=O)c1cnc(Cl)c(Cl)c1)c1ccccc1. The lowest BCUT2D eigenvalue weighted by Crippen LogP contribution is -2.34. The average Bonchev–Trinajstić information content (AvgIpc) is 2.55. The zero-order chi connectivity index (χ0) is 17.0. The lowest BCUT2D eigenvalue weighted by molar-refractivity contribution is -0.142. The van der Waals surface area contributed by atoms with Crippen LogP contribution in [0.25, 0.3) is 0 Å². The number of esters is 1. The Hall–Kier alpha value is -1.67. The number of aromatic nitrogens is 1. The third-order valence-electron chi connectivity index (χ3n) is 2.92. The number of carbonyl (C=O) groups excluding carboxylic acids is 1. The zero-order valence-corrected chi connectivity index (χ0v) is 14.2. The summed E-state index contributed by atoms with van der Waals surface area (Å²) in [4.78, 5) is 15.4. The Morgan fingerprint density at radius 1 is 1.26 bits per heavy atom. The highest BCUT2D eigenvalue weighted by Gasteiger charge is 2.28. The number of sulfonamides is 1. The summed E-state index contributed by atoms with van der Waals surface area (Å²) in [6, 6.07) is 8.28. The molecule has 0 fully saturated rings. The number of carbonyl (C=O) groups is 1. The fourth-order valence-corrected chi connectivity index (χ4v) is 3.27. The van der Waals surface area contributed by atoms with Crippen LogP contribution in [-0.4, -0.2) is 26.5 Å². The van der Waals surface area contributed by atoms with Crippen molar-refractivity contribution in [1.29, 1.82) is 0 Å². The van der Waals surface area contributed by atoms with Gasteiger partial charge in [0.1, 0.15) is 16.1 Å². The van der Waals surface area contributed by atoms with Crippen molar-refractivity contribution in [3.05, 3.63) is 58.3 Å². The van der Waals surface area contributed by atoms with Crippen molar-refractivity contribution < 1.29 is 17.9 Å². The monoisotopic (exact) mass is 374 g/mol. The molecule has 6 nitrogen and oxygen atoms in total. The minimum Gasteiger partial charge on any atom is -0.468 e. The van der Waals surface area contributed by atoms with E-state index in [4.69, 9.17) is 23.2 Å². The van der Waals surface area contributed by atoms with Gasteiger partial charge in [0.2, 0.25) is 10.0 Å². The molecule has 0 spiro atoms. The van der Waals surface area contributed by atoms with Crippen LogP contribution in [0.1, 0.15) is 11.6 Å². The maximum Gasteiger partial charge on any atom is 0.328 e. The topological polar surface area (TPSA) is 85.4 Å². The Morgan fingerprint density at radius 3 is 2.48 bits per heavy atom. The quantitative estimate of drug-likeness (QED) is 0.641. The van der Waals surface area contributed by atoms with Gasteiger partial charge in [-0.25, -0.2) is 18.2 Å². The summed E-state index contributed by atoms with van der Waals surface area (Å²) in [7, 11) is -2.88. The summed E-state index contributed by atoms with van der Waals surface area (Å²) in [5.41, 5.74) is 0.441. The lowest BCUT2D eigenvalue weighted by atomic mass is 10.1. The number of hydrogen-bond donors (Lipinski definition) is 1. The zero-order valence-electron chi connectivity index (χ0n) is 11.9. The van der Waals surface area contributed by atoms with E-state index in [9.17, 15) is 13.2 Å². The molecular formula is C14H12Cl2N2O4S. The van der Waals surface area contributed by atoms with E-state index < -0.39 is 22.0 Å². The largest absolute Gasteiger partial charge is 0.468 e. The van der Waals surface area contributed by atoms with Crippen LogP contribution in [0.4, 0.5) is 0 Å². The van der Waals surface area contributed by atoms with Crippen LogP contribution in [0.5, 0.6) is 0 Å². The summed E-state index contributed by atoms with van der Waals surface area (Å²) in [6.45, 7) is 0. The van der Waals surface area contributed by atoms with E-state index in [1.807, 2.05) is 0 Å². The fraction of sp³-hybridized carbons (Fsp3) is 0.143. The molecule has 0 aliphatic rings. The number of benzene rings is 1. The Balaban J connectivity index is 2.38. The van der Waals surface area contributed by atoms with Crippen LogP contribution in [0.2, 0.25) is 10.2 Å². The van der Waals surface area contributed by atoms with Crippen LogP contribution < -0.4 is 4.72 Å². The molecule has 1 heterocycles. The highest BCUT2D eigenvalue weighted by molar-refractivity contribution is 7.89. The molecule has 0 aliphatic heterocycles. The lowest BCUT2D eigenvalue weighted by Gasteiger charge is -2.17. The maximum absolute atomic E-state index is 12.4. The van der Waals surface area contributed by atoms with Gasteiger partial charge in [-0.05, 0) is 11.6 Å². The number of hydrogen-bond acceptors (Lipinski definition) is 5. The first-order chi connectivity index (χ1) is 10.8. The summed E-state index contributed by atoms with van der Waals surface area (Å²) < 4.78 is 31.8. The predicted octanol–water partition coefficient (Wildman–Crippen LogP) is 2.58. The first-order valence-corrected chi connectivity index (χ1v) is 8.55. The predicted molar refractivity (Wildman–Crippen MR) is 85.8 cm³/mol. The van der Waals surface area contributed by atoms with Crippen molar-refractivity contribution in [3.8, 4) is 0 Å². The van der Waals surface area contributed by atoms with E-state index in [1.165, 1.54) is 7.11 Å². The van der Waals surface area contributed by atoms with Crippen LogP contribution in [0.15, 0.2) is 47.5 Å². The van der Waals surface area contributed by atoms with Gasteiger partial charge in [0.05, 0.1) is 12.1 Å². The third-order valence-corrected chi connectivity index (χ3v) is 5.00. The van der Waals surface area contributed by atoms with E-state index in [0.29, 0.717) is 5.56 Å². The summed E-state index contributed by atoms with van der Waals surface area (Å²) in [6.07, 6.45) is 1.05. The molecule has 2 rings (SSSR count). The highest BCUT2D eigenvalue weighted by atomic mass is 35.5. The van der Waals surface area contributed by atoms with Crippen molar-refractivity contribution in [2.75, 3.05) is 7.11 Å². The van der Waals surface area contributed by atoms with Crippen LogP contribution in [0, 0.1) is 0 Å². The number of pyridine rings is 1. The molecule has 23 heavy (non-hydrogen) atoms. The number of nitrogens with zero attached hydrogens (tertiary/aromatic N) is 1. The first kappa shape index (κ1) is 17.7. The van der Waals surface area contributed by atoms with Gasteiger partial charge in [-0.1, -0.05) is 53.5 Å². The summed E-state index contributed by atoms with van der Waals surface area (Å²) in [5, 5.41) is -0.0259. The molecule has 0 saturated carbocycles. The van der Waals surface area contributed by atoms with Gasteiger partial charge in [-0.15, -0.1) is 0 Å². The Bertz CT molecular complexity index is 813. The molecule has 1 aromatic carbocycles. The standard InChI is InChI=1S/C14H12Cl2N2O4S/c1-22-14(19)12(9-5-3-2-4-6-9)18-23(20,21)10-7-11(15)13(16)17-8-10/h2-8,12,18H,1H3. The molecule has 2 aromatic rings. The smallest absolute Gasteiger partial charge is 0.328 e. The Labute approximate surface area is 143 Å². The van der Waals surface area contributed by atoms with Crippen molar-refractivity contribution in [2.45, 2.75) is 10.9 Å². The summed E-state index contributed by atoms with van der Waals surface area (Å²) in [5.74, 6) is -0.743. The summed E-state index contributed by atoms with van der Waals surface area (Å²) >= 11 is 11.5. The Kier molecular flexibility index (Phi) is 5.59. The van der Waals surface area contributed by atoms with Gasteiger partial charge in [-0.3, -0.25) is 0 Å². The molecule has 0 saturated heterocycles. The molecule has 122 valence electrons. The second-order valence-corrected chi connectivity index (χ2v) is 6.91. The number of rotatable bonds is 5. The van der Waals surface area contributed by atoms with Gasteiger partial charge in [0.25, 0.3) is 0 Å². The van der Waals surface area contributed by atoms with Gasteiger partial charge < -0.3 is 4.74 Å². The van der Waals surface area contributed by atoms with Crippen LogP contribution >= 0.6 is 23.2 Å². The number of halogens is 2. The maximum atomic E-state index is 12.4. The van der Waals surface area contributed by atoms with Crippen molar-refractivity contribution in [3.63, 3.8) is 0 Å². The molecule has 0 bridgehead atoms. The van der Waals surface area contributed by atoms with Crippen LogP contribution in [-0.2, 0) is 19.6 Å². The number of methoxy groups -OCH3 is 1.